The molecule has 3 nitrogen and oxygen atoms in total. The van der Waals surface area contributed by atoms with Gasteiger partial charge in [0.2, 0.25) is 0 Å². The topological polar surface area (TPSA) is 34.4 Å². The van der Waals surface area contributed by atoms with Crippen LogP contribution in [0.3, 0.4) is 0 Å². The Bertz CT molecular complexity index is 528. The lowest BCUT2D eigenvalue weighted by Crippen LogP contribution is -2.18. The highest BCUT2D eigenvalue weighted by Crippen LogP contribution is 2.25. The van der Waals surface area contributed by atoms with E-state index >= 15 is 0 Å². The first kappa shape index (κ1) is 12.9. The molecule has 1 N–H and O–H groups in total. The van der Waals surface area contributed by atoms with Crippen molar-refractivity contribution in [2.24, 2.45) is 0 Å². The number of hydrogen-bond donors (Lipinski definition) is 1. The highest BCUT2D eigenvalue weighted by Gasteiger charge is 2.06. The maximum Gasteiger partial charge on any atom is 0.134 e. The van der Waals surface area contributed by atoms with E-state index in [9.17, 15) is 0 Å². The maximum atomic E-state index is 5.70. The van der Waals surface area contributed by atoms with E-state index in [1.54, 1.807) is 7.11 Å². The number of ether oxygens (including phenoxy) is 1. The van der Waals surface area contributed by atoms with E-state index in [1.165, 1.54) is 10.9 Å². The minimum atomic E-state index is 0.738. The number of rotatable bonds is 6. The summed E-state index contributed by atoms with van der Waals surface area (Å²) in [4.78, 5) is 0. The molecule has 1 aromatic heterocycles. The molecule has 0 unspecified atom stereocenters. The molecule has 96 valence electrons. The van der Waals surface area contributed by atoms with Gasteiger partial charge >= 0.3 is 0 Å². The first-order chi connectivity index (χ1) is 8.83. The van der Waals surface area contributed by atoms with Crippen LogP contribution in [0.15, 0.2) is 34.8 Å². The van der Waals surface area contributed by atoms with Crippen LogP contribution in [0.2, 0.25) is 0 Å². The van der Waals surface area contributed by atoms with Crippen molar-refractivity contribution in [1.29, 1.82) is 0 Å². The molecule has 0 amide bonds. The van der Waals surface area contributed by atoms with Crippen LogP contribution in [0.1, 0.15) is 11.3 Å². The lowest BCUT2D eigenvalue weighted by molar-refractivity contribution is 0.200. The van der Waals surface area contributed by atoms with Gasteiger partial charge in [-0.25, -0.2) is 0 Å². The second-order valence-corrected chi connectivity index (χ2v) is 4.17. The molecule has 0 atom stereocenters. The van der Waals surface area contributed by atoms with Gasteiger partial charge < -0.3 is 14.5 Å². The van der Waals surface area contributed by atoms with Gasteiger partial charge in [0.1, 0.15) is 11.3 Å². The van der Waals surface area contributed by atoms with Crippen molar-refractivity contribution in [3.8, 4) is 0 Å². The van der Waals surface area contributed by atoms with Crippen LogP contribution in [0.5, 0.6) is 0 Å². The average Bonchev–Trinajstić information content (AvgIpc) is 2.70. The Balaban J connectivity index is 2.02. The zero-order chi connectivity index (χ0) is 12.8. The van der Waals surface area contributed by atoms with E-state index in [0.717, 1.165) is 31.0 Å². The van der Waals surface area contributed by atoms with E-state index in [0.29, 0.717) is 0 Å². The summed E-state index contributed by atoms with van der Waals surface area (Å²) in [6, 6.07) is 8.11. The van der Waals surface area contributed by atoms with Gasteiger partial charge in [-0.05, 0) is 13.0 Å². The fourth-order valence-electron chi connectivity index (χ4n) is 1.93. The standard InChI is InChI=1S/C15H19NO2/c1-12-13(7-5-9-16-10-11-17-2)14-6-3-4-8-15(14)18-12/h3-8,16H,9-11H2,1-2H3/b7-5+. The molecule has 0 aliphatic rings. The predicted molar refractivity (Wildman–Crippen MR) is 74.7 cm³/mol. The third kappa shape index (κ3) is 3.00. The van der Waals surface area contributed by atoms with Gasteiger partial charge in [0.15, 0.2) is 0 Å². The monoisotopic (exact) mass is 245 g/mol. The van der Waals surface area contributed by atoms with Crippen molar-refractivity contribution < 1.29 is 9.15 Å². The molecule has 1 heterocycles. The smallest absolute Gasteiger partial charge is 0.134 e. The summed E-state index contributed by atoms with van der Waals surface area (Å²) in [6.45, 7) is 4.44. The normalized spacial score (nSPS) is 11.7. The van der Waals surface area contributed by atoms with E-state index in [2.05, 4.69) is 23.5 Å². The largest absolute Gasteiger partial charge is 0.461 e. The number of aryl methyl sites for hydroxylation is 1. The van der Waals surface area contributed by atoms with Crippen LogP contribution in [0.25, 0.3) is 17.0 Å². The Labute approximate surface area is 107 Å². The molecule has 0 aliphatic carbocycles. The molecule has 1 aromatic carbocycles. The number of nitrogens with one attached hydrogen (secondary N) is 1. The second-order valence-electron chi connectivity index (χ2n) is 4.17. The van der Waals surface area contributed by atoms with Gasteiger partial charge in [-0.15, -0.1) is 0 Å². The zero-order valence-electron chi connectivity index (χ0n) is 10.9. The van der Waals surface area contributed by atoms with Crippen LogP contribution in [0.4, 0.5) is 0 Å². The molecule has 3 heteroatoms. The van der Waals surface area contributed by atoms with Crippen LogP contribution in [-0.2, 0) is 4.74 Å². The molecule has 0 radical (unpaired) electrons. The van der Waals surface area contributed by atoms with Gasteiger partial charge in [-0.1, -0.05) is 30.4 Å². The number of methoxy groups -OCH3 is 1. The van der Waals surface area contributed by atoms with Crippen molar-refractivity contribution in [1.82, 2.24) is 5.32 Å². The van der Waals surface area contributed by atoms with E-state index in [-0.39, 0.29) is 0 Å². The Morgan fingerprint density at radius 1 is 1.33 bits per heavy atom. The number of fused-ring (bicyclic) bond motifs is 1. The quantitative estimate of drug-likeness (QED) is 0.794. The molecule has 0 saturated heterocycles. The summed E-state index contributed by atoms with van der Waals surface area (Å²) in [6.07, 6.45) is 4.22. The lowest BCUT2D eigenvalue weighted by Gasteiger charge is -1.99. The highest BCUT2D eigenvalue weighted by molar-refractivity contribution is 5.88. The molecule has 2 aromatic rings. The summed E-state index contributed by atoms with van der Waals surface area (Å²) < 4.78 is 10.7. The molecule has 0 spiro atoms. The highest BCUT2D eigenvalue weighted by atomic mass is 16.5. The van der Waals surface area contributed by atoms with Gasteiger partial charge in [0.05, 0.1) is 6.61 Å². The number of para-hydroxylation sites is 1. The Kier molecular flexibility index (Phi) is 4.56. The fraction of sp³-hybridized carbons (Fsp3) is 0.333. The molecule has 0 bridgehead atoms. The molecular formula is C15H19NO2. The van der Waals surface area contributed by atoms with Gasteiger partial charge in [0, 0.05) is 31.1 Å². The van der Waals surface area contributed by atoms with Crippen molar-refractivity contribution in [3.63, 3.8) is 0 Å². The van der Waals surface area contributed by atoms with Crippen molar-refractivity contribution >= 4 is 17.0 Å². The third-order valence-corrected chi connectivity index (χ3v) is 2.85. The van der Waals surface area contributed by atoms with E-state index in [4.69, 9.17) is 9.15 Å². The second kappa shape index (κ2) is 6.38. The van der Waals surface area contributed by atoms with Crippen molar-refractivity contribution in [2.45, 2.75) is 6.92 Å². The molecule has 0 aliphatic heterocycles. The van der Waals surface area contributed by atoms with Crippen LogP contribution in [-0.4, -0.2) is 26.8 Å². The molecule has 0 fully saturated rings. The van der Waals surface area contributed by atoms with E-state index < -0.39 is 0 Å². The minimum absolute atomic E-state index is 0.738. The SMILES string of the molecule is COCCNC/C=C/c1c(C)oc2ccccc12. The first-order valence-corrected chi connectivity index (χ1v) is 6.17. The molecule has 2 rings (SSSR count). The summed E-state index contributed by atoms with van der Waals surface area (Å²) in [5.74, 6) is 0.962. The summed E-state index contributed by atoms with van der Waals surface area (Å²) >= 11 is 0. The molecule has 18 heavy (non-hydrogen) atoms. The Morgan fingerprint density at radius 2 is 2.17 bits per heavy atom. The first-order valence-electron chi connectivity index (χ1n) is 6.17. The van der Waals surface area contributed by atoms with Crippen LogP contribution < -0.4 is 5.32 Å². The van der Waals surface area contributed by atoms with Gasteiger partial charge in [-0.3, -0.25) is 0 Å². The average molecular weight is 245 g/mol. The summed E-state index contributed by atoms with van der Waals surface area (Å²) in [7, 11) is 1.71. The number of benzene rings is 1. The summed E-state index contributed by atoms with van der Waals surface area (Å²) in [5.41, 5.74) is 2.11. The van der Waals surface area contributed by atoms with Gasteiger partial charge in [0.25, 0.3) is 0 Å². The minimum Gasteiger partial charge on any atom is -0.461 e. The van der Waals surface area contributed by atoms with Crippen molar-refractivity contribution in [2.75, 3.05) is 26.8 Å². The lowest BCUT2D eigenvalue weighted by atomic mass is 10.1. The van der Waals surface area contributed by atoms with Gasteiger partial charge in [-0.2, -0.15) is 0 Å². The van der Waals surface area contributed by atoms with Crippen molar-refractivity contribution in [3.05, 3.63) is 41.7 Å². The van der Waals surface area contributed by atoms with Crippen LogP contribution >= 0.6 is 0 Å². The fourth-order valence-corrected chi connectivity index (χ4v) is 1.93. The molecular weight excluding hydrogens is 226 g/mol. The maximum absolute atomic E-state index is 5.70. The van der Waals surface area contributed by atoms with E-state index in [1.807, 2.05) is 25.1 Å². The Hall–Kier alpha value is -1.58. The number of furan rings is 1. The number of hydrogen-bond acceptors (Lipinski definition) is 3. The zero-order valence-corrected chi connectivity index (χ0v) is 10.9. The third-order valence-electron chi connectivity index (χ3n) is 2.85. The summed E-state index contributed by atoms with van der Waals surface area (Å²) in [5, 5.41) is 4.44. The predicted octanol–water partition coefficient (Wildman–Crippen LogP) is 2.99. The van der Waals surface area contributed by atoms with Crippen LogP contribution in [0, 0.1) is 6.92 Å². The Morgan fingerprint density at radius 3 is 3.00 bits per heavy atom. The molecule has 0 saturated carbocycles.